The average molecular weight is 829 g/mol. The summed E-state index contributed by atoms with van der Waals surface area (Å²) in [6.45, 7) is 4.19. The summed E-state index contributed by atoms with van der Waals surface area (Å²) in [6.07, 6.45) is 28.0. The second kappa shape index (κ2) is 29.6. The molecule has 1 aliphatic carbocycles. The van der Waals surface area contributed by atoms with Crippen molar-refractivity contribution in [2.45, 2.75) is 217 Å². The molecule has 10 heteroatoms. The monoisotopic (exact) mass is 828 g/mol. The Hall–Kier alpha value is -2.62. The smallest absolute Gasteiger partial charge is 0.306 e. The molecule has 2 aliphatic rings. The summed E-state index contributed by atoms with van der Waals surface area (Å²) in [5.41, 5.74) is 6.45. The fourth-order valence-corrected chi connectivity index (χ4v) is 9.17. The number of ether oxygens (including phenoxy) is 1. The zero-order chi connectivity index (χ0) is 41.9. The van der Waals surface area contributed by atoms with Crippen LogP contribution in [0.15, 0.2) is 24.3 Å². The van der Waals surface area contributed by atoms with Crippen LogP contribution in [0.1, 0.15) is 199 Å². The SMILES string of the molecule is CCCCCCCCCCCCCCCCCC(=O)CCC(=O)OC(CCCN)C(=O)CCCN1CCC(NC(=O)C(=O)Cc2ccc(Cl)cc2)CC12CCCCC2. The number of likely N-dealkylation sites (tertiary alicyclic amines) is 1. The van der Waals surface area contributed by atoms with Crippen LogP contribution in [0.25, 0.3) is 0 Å². The highest BCUT2D eigenvalue weighted by molar-refractivity contribution is 6.36. The summed E-state index contributed by atoms with van der Waals surface area (Å²) in [7, 11) is 0. The van der Waals surface area contributed by atoms with E-state index in [0.717, 1.165) is 76.4 Å². The van der Waals surface area contributed by atoms with E-state index in [-0.39, 0.29) is 42.4 Å². The van der Waals surface area contributed by atoms with Crippen LogP contribution < -0.4 is 11.1 Å². The number of esters is 1. The van der Waals surface area contributed by atoms with Gasteiger partial charge >= 0.3 is 5.97 Å². The van der Waals surface area contributed by atoms with E-state index < -0.39 is 23.8 Å². The molecular formula is C48H78ClN3O6. The van der Waals surface area contributed by atoms with Crippen LogP contribution in [0, 0.1) is 0 Å². The molecule has 328 valence electrons. The Balaban J connectivity index is 1.31. The molecular weight excluding hydrogens is 750 g/mol. The van der Waals surface area contributed by atoms with Crippen LogP contribution >= 0.6 is 11.6 Å². The molecule has 0 radical (unpaired) electrons. The molecule has 0 bridgehead atoms. The van der Waals surface area contributed by atoms with E-state index in [1.54, 1.807) is 24.3 Å². The number of benzene rings is 1. The van der Waals surface area contributed by atoms with E-state index in [9.17, 15) is 24.0 Å². The maximum atomic E-state index is 13.4. The van der Waals surface area contributed by atoms with Gasteiger partial charge in [-0.3, -0.25) is 28.9 Å². The highest BCUT2D eigenvalue weighted by Crippen LogP contribution is 2.41. The number of ketones is 3. The molecule has 2 unspecified atom stereocenters. The molecule has 1 amide bonds. The van der Waals surface area contributed by atoms with Gasteiger partial charge in [-0.15, -0.1) is 0 Å². The second-order valence-electron chi connectivity index (χ2n) is 17.4. The van der Waals surface area contributed by atoms with E-state index in [4.69, 9.17) is 22.1 Å². The lowest BCUT2D eigenvalue weighted by atomic mass is 9.73. The predicted octanol–water partition coefficient (Wildman–Crippen LogP) is 10.3. The lowest BCUT2D eigenvalue weighted by molar-refractivity contribution is -0.156. The summed E-state index contributed by atoms with van der Waals surface area (Å²) in [5.74, 6) is -1.48. The molecule has 3 N–H and O–H groups in total. The number of halogens is 1. The Morgan fingerprint density at radius 3 is 1.98 bits per heavy atom. The van der Waals surface area contributed by atoms with Crippen molar-refractivity contribution in [1.82, 2.24) is 10.2 Å². The number of hydrogen-bond acceptors (Lipinski definition) is 8. The molecule has 58 heavy (non-hydrogen) atoms. The van der Waals surface area contributed by atoms with Gasteiger partial charge in [0.2, 0.25) is 5.78 Å². The zero-order valence-electron chi connectivity index (χ0n) is 36.2. The normalized spacial score (nSPS) is 17.2. The molecule has 1 saturated carbocycles. The molecule has 1 spiro atoms. The minimum atomic E-state index is -0.836. The maximum absolute atomic E-state index is 13.4. The Morgan fingerprint density at radius 2 is 1.38 bits per heavy atom. The van der Waals surface area contributed by atoms with Crippen molar-refractivity contribution in [1.29, 1.82) is 0 Å². The number of rotatable bonds is 32. The molecule has 3 rings (SSSR count). The number of Topliss-reactive ketones (excluding diaryl/α,β-unsaturated/α-hetero) is 3. The third-order valence-corrected chi connectivity index (χ3v) is 12.8. The van der Waals surface area contributed by atoms with Crippen LogP contribution in [0.3, 0.4) is 0 Å². The van der Waals surface area contributed by atoms with E-state index in [2.05, 4.69) is 17.1 Å². The number of amides is 1. The first kappa shape index (κ1) is 49.7. The number of carbonyl (C=O) groups excluding carboxylic acids is 5. The van der Waals surface area contributed by atoms with Crippen molar-refractivity contribution in [3.05, 3.63) is 34.9 Å². The summed E-state index contributed by atoms with van der Waals surface area (Å²) >= 11 is 5.96. The first-order valence-corrected chi connectivity index (χ1v) is 23.8. The fourth-order valence-electron chi connectivity index (χ4n) is 9.05. The Kier molecular flexibility index (Phi) is 25.4. The van der Waals surface area contributed by atoms with Gasteiger partial charge in [-0.05, 0) is 82.2 Å². The maximum Gasteiger partial charge on any atom is 0.306 e. The van der Waals surface area contributed by atoms with Crippen molar-refractivity contribution in [3.8, 4) is 0 Å². The van der Waals surface area contributed by atoms with E-state index in [1.165, 1.54) is 83.5 Å². The van der Waals surface area contributed by atoms with Crippen molar-refractivity contribution in [2.24, 2.45) is 5.73 Å². The molecule has 1 heterocycles. The zero-order valence-corrected chi connectivity index (χ0v) is 36.9. The van der Waals surface area contributed by atoms with Crippen molar-refractivity contribution in [2.75, 3.05) is 19.6 Å². The molecule has 0 aromatic heterocycles. The average Bonchev–Trinajstić information content (AvgIpc) is 3.22. The van der Waals surface area contributed by atoms with Gasteiger partial charge in [-0.1, -0.05) is 140 Å². The predicted molar refractivity (Wildman–Crippen MR) is 235 cm³/mol. The van der Waals surface area contributed by atoms with Gasteiger partial charge in [0.15, 0.2) is 11.9 Å². The fraction of sp³-hybridized carbons (Fsp3) is 0.771. The third kappa shape index (κ3) is 20.1. The lowest BCUT2D eigenvalue weighted by Gasteiger charge is -2.52. The highest BCUT2D eigenvalue weighted by atomic mass is 35.5. The molecule has 1 saturated heterocycles. The van der Waals surface area contributed by atoms with E-state index in [0.29, 0.717) is 43.7 Å². The minimum Gasteiger partial charge on any atom is -0.454 e. The van der Waals surface area contributed by atoms with Gasteiger partial charge in [0, 0.05) is 48.8 Å². The number of unbranched alkanes of at least 4 members (excludes halogenated alkanes) is 14. The number of hydrogen-bond donors (Lipinski definition) is 2. The van der Waals surface area contributed by atoms with Gasteiger partial charge < -0.3 is 15.8 Å². The first-order valence-electron chi connectivity index (χ1n) is 23.4. The largest absolute Gasteiger partial charge is 0.454 e. The Bertz CT molecular complexity index is 1350. The highest BCUT2D eigenvalue weighted by Gasteiger charge is 2.43. The quantitative estimate of drug-likeness (QED) is 0.0416. The van der Waals surface area contributed by atoms with Gasteiger partial charge in [-0.2, -0.15) is 0 Å². The Labute approximate surface area is 356 Å². The van der Waals surface area contributed by atoms with Crippen LogP contribution in [0.5, 0.6) is 0 Å². The van der Waals surface area contributed by atoms with Gasteiger partial charge in [0.05, 0.1) is 6.42 Å². The van der Waals surface area contributed by atoms with E-state index in [1.807, 2.05) is 0 Å². The number of piperidine rings is 1. The van der Waals surface area contributed by atoms with E-state index >= 15 is 0 Å². The molecule has 1 aromatic rings. The summed E-state index contributed by atoms with van der Waals surface area (Å²) in [4.78, 5) is 66.9. The summed E-state index contributed by atoms with van der Waals surface area (Å²) in [6, 6.07) is 6.90. The Morgan fingerprint density at radius 1 is 0.776 bits per heavy atom. The van der Waals surface area contributed by atoms with Crippen LogP contribution in [-0.4, -0.2) is 71.4 Å². The van der Waals surface area contributed by atoms with Crippen molar-refractivity contribution in [3.63, 3.8) is 0 Å². The van der Waals surface area contributed by atoms with Crippen LogP contribution in [0.4, 0.5) is 0 Å². The standard InChI is InChI=1S/C48H78ClN3O6/c1-2-3-4-5-6-7-8-9-10-11-12-13-14-15-17-22-42(53)29-30-46(56)58-45(24-20-34-50)43(54)23-21-35-52-36-31-41(38-48(52)32-18-16-19-33-48)51-47(57)44(55)37-39-25-27-40(49)28-26-39/h25-28,41,45H,2-24,29-38,50H2,1H3,(H,51,57). The number of nitrogens with zero attached hydrogens (tertiary/aromatic N) is 1. The number of nitrogens with two attached hydrogens (primary N) is 1. The second-order valence-corrected chi connectivity index (χ2v) is 17.8. The number of nitrogens with one attached hydrogen (secondary N) is 1. The van der Waals surface area contributed by atoms with Gasteiger partial charge in [0.25, 0.3) is 5.91 Å². The van der Waals surface area contributed by atoms with Crippen LogP contribution in [0.2, 0.25) is 5.02 Å². The molecule has 9 nitrogen and oxygen atoms in total. The summed E-state index contributed by atoms with van der Waals surface area (Å²) in [5, 5.41) is 3.63. The molecule has 2 atom stereocenters. The van der Waals surface area contributed by atoms with Gasteiger partial charge in [-0.25, -0.2) is 0 Å². The van der Waals surface area contributed by atoms with Crippen molar-refractivity contribution < 1.29 is 28.7 Å². The van der Waals surface area contributed by atoms with Crippen molar-refractivity contribution >= 4 is 40.8 Å². The molecule has 2 fully saturated rings. The van der Waals surface area contributed by atoms with Crippen LogP contribution in [-0.2, 0) is 35.1 Å². The first-order chi connectivity index (χ1) is 28.2. The summed E-state index contributed by atoms with van der Waals surface area (Å²) < 4.78 is 5.68. The third-order valence-electron chi connectivity index (χ3n) is 12.5. The topological polar surface area (TPSA) is 136 Å². The van der Waals surface area contributed by atoms with Gasteiger partial charge in [0.1, 0.15) is 5.78 Å². The lowest BCUT2D eigenvalue weighted by Crippen LogP contribution is -2.59. The minimum absolute atomic E-state index is 0.00467. The molecule has 1 aliphatic heterocycles. The number of carbonyl (C=O) groups is 5. The molecule has 1 aromatic carbocycles.